The van der Waals surface area contributed by atoms with Crippen LogP contribution in [0, 0.1) is 37.0 Å². The summed E-state index contributed by atoms with van der Waals surface area (Å²) in [6.07, 6.45) is 8.04. The maximum Gasteiger partial charge on any atom is 0.274 e. The molecule has 0 aliphatic heterocycles. The van der Waals surface area contributed by atoms with Crippen molar-refractivity contribution >= 4 is 23.4 Å². The first kappa shape index (κ1) is 21.5. The Morgan fingerprint density at radius 3 is 2.22 bits per heavy atom. The molecule has 1 aromatic heterocycles. The maximum atomic E-state index is 12.8. The van der Waals surface area contributed by atoms with Crippen LogP contribution in [0.2, 0.25) is 5.15 Å². The van der Waals surface area contributed by atoms with Gasteiger partial charge in [0.2, 0.25) is 5.91 Å². The van der Waals surface area contributed by atoms with E-state index >= 15 is 0 Å². The fraction of sp³-hybridized carbons (Fsp3) is 0.560. The van der Waals surface area contributed by atoms with Crippen molar-refractivity contribution in [3.63, 3.8) is 0 Å². The van der Waals surface area contributed by atoms with Gasteiger partial charge in [-0.25, -0.2) is 4.68 Å². The van der Waals surface area contributed by atoms with Gasteiger partial charge in [0, 0.05) is 6.42 Å². The van der Waals surface area contributed by atoms with Crippen molar-refractivity contribution < 1.29 is 9.59 Å². The second-order valence-corrected chi connectivity index (χ2v) is 10.8. The number of rotatable bonds is 5. The van der Waals surface area contributed by atoms with Crippen LogP contribution in [-0.2, 0) is 11.3 Å². The Morgan fingerprint density at radius 2 is 1.62 bits per heavy atom. The number of hydrazine groups is 1. The second-order valence-electron chi connectivity index (χ2n) is 10.5. The van der Waals surface area contributed by atoms with Crippen molar-refractivity contribution in [2.75, 3.05) is 0 Å². The molecule has 0 spiro atoms. The van der Waals surface area contributed by atoms with Gasteiger partial charge in [-0.05, 0) is 81.1 Å². The van der Waals surface area contributed by atoms with Gasteiger partial charge in [0.15, 0.2) is 0 Å². The molecule has 1 heterocycles. The molecule has 0 atom stereocenters. The molecule has 170 valence electrons. The predicted molar refractivity (Wildman–Crippen MR) is 123 cm³/mol. The zero-order valence-electron chi connectivity index (χ0n) is 18.8. The van der Waals surface area contributed by atoms with Crippen molar-refractivity contribution in [3.05, 3.63) is 51.8 Å². The lowest BCUT2D eigenvalue weighted by atomic mass is 9.49. The third-order valence-electron chi connectivity index (χ3n) is 7.76. The van der Waals surface area contributed by atoms with E-state index in [-0.39, 0.29) is 16.5 Å². The third-order valence-corrected chi connectivity index (χ3v) is 8.15. The Kier molecular flexibility index (Phi) is 5.52. The zero-order valence-corrected chi connectivity index (χ0v) is 19.5. The number of carbonyl (C=O) groups excluding carboxylic acids is 2. The van der Waals surface area contributed by atoms with E-state index in [0.29, 0.717) is 24.2 Å². The Bertz CT molecular complexity index is 1010. The molecule has 32 heavy (non-hydrogen) atoms. The molecule has 2 amide bonds. The van der Waals surface area contributed by atoms with Gasteiger partial charge < -0.3 is 0 Å². The average Bonchev–Trinajstić information content (AvgIpc) is 2.99. The van der Waals surface area contributed by atoms with Crippen molar-refractivity contribution in [2.24, 2.45) is 23.2 Å². The molecular formula is C25H31ClN4O2. The standard InChI is InChI=1S/C25H31ClN4O2/c1-15-3-5-17(6-4-15)14-30-23(26)22(16(2)29-30)24(32)28-27-21(31)13-25-10-18-7-19(11-25)9-20(8-18)12-25/h3-6,18-20H,7-14H2,1-2H3,(H,27,31)(H,28,32). The summed E-state index contributed by atoms with van der Waals surface area (Å²) in [5.41, 5.74) is 8.42. The first-order chi connectivity index (χ1) is 15.3. The number of nitrogens with zero attached hydrogens (tertiary/aromatic N) is 2. The van der Waals surface area contributed by atoms with Crippen LogP contribution in [0.3, 0.4) is 0 Å². The van der Waals surface area contributed by atoms with Crippen LogP contribution in [0.25, 0.3) is 0 Å². The van der Waals surface area contributed by atoms with Crippen LogP contribution in [0.4, 0.5) is 0 Å². The summed E-state index contributed by atoms with van der Waals surface area (Å²) in [5.74, 6) is 1.85. The lowest BCUT2D eigenvalue weighted by Gasteiger charge is -2.56. The van der Waals surface area contributed by atoms with Crippen molar-refractivity contribution in [1.29, 1.82) is 0 Å². The Labute approximate surface area is 194 Å². The predicted octanol–water partition coefficient (Wildman–Crippen LogP) is 4.57. The molecule has 4 aliphatic carbocycles. The number of hydrogen-bond acceptors (Lipinski definition) is 3. The fourth-order valence-corrected chi connectivity index (χ4v) is 7.18. The third kappa shape index (κ3) is 4.17. The number of aryl methyl sites for hydroxylation is 2. The number of hydrogen-bond donors (Lipinski definition) is 2. The molecule has 0 radical (unpaired) electrons. The van der Waals surface area contributed by atoms with Crippen LogP contribution in [0.15, 0.2) is 24.3 Å². The van der Waals surface area contributed by atoms with Crippen LogP contribution >= 0.6 is 11.6 Å². The summed E-state index contributed by atoms with van der Waals surface area (Å²) in [6.45, 7) is 4.27. The molecule has 0 unspecified atom stereocenters. The van der Waals surface area contributed by atoms with E-state index in [1.807, 2.05) is 31.2 Å². The van der Waals surface area contributed by atoms with Gasteiger partial charge >= 0.3 is 0 Å². The lowest BCUT2D eigenvalue weighted by Crippen LogP contribution is -2.50. The normalized spacial score (nSPS) is 28.0. The molecule has 1 aromatic carbocycles. The fourth-order valence-electron chi connectivity index (χ4n) is 6.86. The van der Waals surface area contributed by atoms with Crippen molar-refractivity contribution in [1.82, 2.24) is 20.6 Å². The molecule has 6 rings (SSSR count). The smallest absolute Gasteiger partial charge is 0.273 e. The second kappa shape index (κ2) is 8.22. The van der Waals surface area contributed by atoms with E-state index < -0.39 is 5.91 Å². The number of carbonyl (C=O) groups is 2. The molecule has 4 saturated carbocycles. The lowest BCUT2D eigenvalue weighted by molar-refractivity contribution is -0.130. The minimum Gasteiger partial charge on any atom is -0.273 e. The van der Waals surface area contributed by atoms with Crippen LogP contribution in [0.1, 0.15) is 72.1 Å². The summed E-state index contributed by atoms with van der Waals surface area (Å²) in [4.78, 5) is 25.5. The average molecular weight is 455 g/mol. The highest BCUT2D eigenvalue weighted by molar-refractivity contribution is 6.33. The zero-order chi connectivity index (χ0) is 22.5. The number of halogens is 1. The van der Waals surface area contributed by atoms with E-state index in [1.165, 1.54) is 24.8 Å². The number of aromatic nitrogens is 2. The first-order valence-corrected chi connectivity index (χ1v) is 12.1. The Hall–Kier alpha value is -2.34. The van der Waals surface area contributed by atoms with Crippen LogP contribution in [-0.4, -0.2) is 21.6 Å². The van der Waals surface area contributed by atoms with E-state index in [0.717, 1.165) is 42.6 Å². The van der Waals surface area contributed by atoms with Gasteiger partial charge in [-0.2, -0.15) is 5.10 Å². The largest absolute Gasteiger partial charge is 0.274 e. The Balaban J connectivity index is 1.20. The monoisotopic (exact) mass is 454 g/mol. The first-order valence-electron chi connectivity index (χ1n) is 11.7. The molecule has 4 fully saturated rings. The summed E-state index contributed by atoms with van der Waals surface area (Å²) in [5, 5.41) is 4.71. The molecule has 4 aliphatic rings. The van der Waals surface area contributed by atoms with E-state index in [9.17, 15) is 9.59 Å². The van der Waals surface area contributed by atoms with Gasteiger partial charge in [0.1, 0.15) is 10.7 Å². The molecular weight excluding hydrogens is 424 g/mol. The molecule has 2 aromatic rings. The van der Waals surface area contributed by atoms with Crippen molar-refractivity contribution in [3.8, 4) is 0 Å². The molecule has 0 saturated heterocycles. The van der Waals surface area contributed by atoms with Gasteiger partial charge in [-0.1, -0.05) is 41.4 Å². The summed E-state index contributed by atoms with van der Waals surface area (Å²) < 4.78 is 1.62. The molecule has 2 N–H and O–H groups in total. The molecule has 4 bridgehead atoms. The number of benzene rings is 1. The van der Waals surface area contributed by atoms with Crippen LogP contribution in [0.5, 0.6) is 0 Å². The summed E-state index contributed by atoms with van der Waals surface area (Å²) in [7, 11) is 0. The minimum atomic E-state index is -0.429. The van der Waals surface area contributed by atoms with E-state index in [2.05, 4.69) is 16.0 Å². The number of nitrogens with one attached hydrogen (secondary N) is 2. The maximum absolute atomic E-state index is 12.8. The van der Waals surface area contributed by atoms with Gasteiger partial charge in [-0.15, -0.1) is 0 Å². The SMILES string of the molecule is Cc1ccc(Cn2nc(C)c(C(=O)NNC(=O)CC34CC5CC(CC(C5)C3)C4)c2Cl)cc1. The number of amides is 2. The highest BCUT2D eigenvalue weighted by Crippen LogP contribution is 2.61. The quantitative estimate of drug-likeness (QED) is 0.650. The topological polar surface area (TPSA) is 76.0 Å². The Morgan fingerprint density at radius 1 is 1.03 bits per heavy atom. The molecule has 7 heteroatoms. The highest BCUT2D eigenvalue weighted by atomic mass is 35.5. The molecule has 6 nitrogen and oxygen atoms in total. The van der Waals surface area contributed by atoms with Crippen LogP contribution < -0.4 is 10.9 Å². The van der Waals surface area contributed by atoms with Gasteiger partial charge in [0.05, 0.1) is 12.2 Å². The van der Waals surface area contributed by atoms with Gasteiger partial charge in [-0.3, -0.25) is 20.4 Å². The van der Waals surface area contributed by atoms with Crippen molar-refractivity contribution in [2.45, 2.75) is 65.3 Å². The summed E-state index contributed by atoms with van der Waals surface area (Å²) in [6, 6.07) is 8.11. The van der Waals surface area contributed by atoms with E-state index in [4.69, 9.17) is 11.6 Å². The highest BCUT2D eigenvalue weighted by Gasteiger charge is 2.51. The van der Waals surface area contributed by atoms with Gasteiger partial charge in [0.25, 0.3) is 5.91 Å². The summed E-state index contributed by atoms with van der Waals surface area (Å²) >= 11 is 6.49. The minimum absolute atomic E-state index is 0.110. The van der Waals surface area contributed by atoms with E-state index in [1.54, 1.807) is 11.6 Å².